The van der Waals surface area contributed by atoms with Crippen LogP contribution in [0, 0.1) is 5.41 Å². The number of alkyl carbamates (subject to hydrolysis) is 1. The number of hydrogen-bond donors (Lipinski definition) is 1. The van der Waals surface area contributed by atoms with Crippen LogP contribution < -0.4 is 5.32 Å². The third-order valence-corrected chi connectivity index (χ3v) is 5.88. The summed E-state index contributed by atoms with van der Waals surface area (Å²) in [6.45, 7) is 7.35. The molecule has 1 aliphatic heterocycles. The lowest BCUT2D eigenvalue weighted by molar-refractivity contribution is 0.0443. The SMILES string of the molecule is CC(C)(C)OC(=O)NC1(C2(C)CS(=O)(=O)C2)CC1. The molecule has 1 saturated heterocycles. The van der Waals surface area contributed by atoms with Gasteiger partial charge in [-0.05, 0) is 33.6 Å². The average molecular weight is 275 g/mol. The third kappa shape index (κ3) is 2.48. The molecule has 1 heterocycles. The van der Waals surface area contributed by atoms with Crippen molar-refractivity contribution in [3.63, 3.8) is 0 Å². The number of hydrogen-bond acceptors (Lipinski definition) is 4. The molecular weight excluding hydrogens is 254 g/mol. The summed E-state index contributed by atoms with van der Waals surface area (Å²) in [5, 5.41) is 2.88. The lowest BCUT2D eigenvalue weighted by Gasteiger charge is -2.45. The third-order valence-electron chi connectivity index (χ3n) is 3.72. The van der Waals surface area contributed by atoms with Crippen LogP contribution in [0.3, 0.4) is 0 Å². The molecule has 0 unspecified atom stereocenters. The Morgan fingerprint density at radius 3 is 2.06 bits per heavy atom. The van der Waals surface area contributed by atoms with Gasteiger partial charge < -0.3 is 10.1 Å². The van der Waals surface area contributed by atoms with E-state index in [9.17, 15) is 13.2 Å². The van der Waals surface area contributed by atoms with Crippen molar-refractivity contribution in [2.45, 2.75) is 51.7 Å². The van der Waals surface area contributed by atoms with Gasteiger partial charge in [-0.1, -0.05) is 6.92 Å². The summed E-state index contributed by atoms with van der Waals surface area (Å²) in [6, 6.07) is 0. The first kappa shape index (κ1) is 13.6. The Morgan fingerprint density at radius 2 is 1.72 bits per heavy atom. The van der Waals surface area contributed by atoms with Crippen LogP contribution in [0.15, 0.2) is 0 Å². The van der Waals surface area contributed by atoms with E-state index in [0.717, 1.165) is 12.8 Å². The second-order valence-electron chi connectivity index (χ2n) is 6.80. The van der Waals surface area contributed by atoms with Crippen molar-refractivity contribution in [1.82, 2.24) is 5.32 Å². The molecule has 18 heavy (non-hydrogen) atoms. The van der Waals surface area contributed by atoms with Crippen LogP contribution in [0.2, 0.25) is 0 Å². The van der Waals surface area contributed by atoms with Crippen LogP contribution in [0.1, 0.15) is 40.5 Å². The van der Waals surface area contributed by atoms with Gasteiger partial charge in [0.05, 0.1) is 17.0 Å². The van der Waals surface area contributed by atoms with Gasteiger partial charge in [0, 0.05) is 5.41 Å². The molecule has 1 N–H and O–H groups in total. The zero-order chi connectivity index (χ0) is 13.8. The maximum atomic E-state index is 11.8. The van der Waals surface area contributed by atoms with E-state index < -0.39 is 21.5 Å². The Bertz CT molecular complexity index is 459. The van der Waals surface area contributed by atoms with E-state index in [4.69, 9.17) is 4.74 Å². The topological polar surface area (TPSA) is 72.5 Å². The largest absolute Gasteiger partial charge is 0.444 e. The first-order valence-electron chi connectivity index (χ1n) is 6.19. The molecular formula is C12H21NO4S. The van der Waals surface area contributed by atoms with E-state index in [-0.39, 0.29) is 22.5 Å². The van der Waals surface area contributed by atoms with Crippen LogP contribution in [0.4, 0.5) is 4.79 Å². The minimum absolute atomic E-state index is 0.162. The zero-order valence-electron chi connectivity index (χ0n) is 11.4. The van der Waals surface area contributed by atoms with Crippen LogP contribution in [0.5, 0.6) is 0 Å². The first-order chi connectivity index (χ1) is 7.97. The highest BCUT2D eigenvalue weighted by atomic mass is 32.2. The number of amides is 1. The predicted octanol–water partition coefficient (Wildman–Crippen LogP) is 1.48. The number of ether oxygens (including phenoxy) is 1. The summed E-state index contributed by atoms with van der Waals surface area (Å²) < 4.78 is 27.9. The van der Waals surface area contributed by atoms with Crippen LogP contribution >= 0.6 is 0 Å². The monoisotopic (exact) mass is 275 g/mol. The fourth-order valence-electron chi connectivity index (χ4n) is 2.71. The molecule has 0 bridgehead atoms. The highest BCUT2D eigenvalue weighted by Gasteiger charge is 2.65. The summed E-state index contributed by atoms with van der Waals surface area (Å²) in [4.78, 5) is 11.8. The molecule has 2 rings (SSSR count). The van der Waals surface area contributed by atoms with Gasteiger partial charge in [-0.2, -0.15) is 0 Å². The van der Waals surface area contributed by atoms with Crippen LogP contribution in [-0.4, -0.2) is 37.2 Å². The Balaban J connectivity index is 2.00. The van der Waals surface area contributed by atoms with Gasteiger partial charge in [0.15, 0.2) is 9.84 Å². The molecule has 1 saturated carbocycles. The number of carbonyl (C=O) groups excluding carboxylic acids is 1. The van der Waals surface area contributed by atoms with Crippen molar-refractivity contribution in [2.24, 2.45) is 5.41 Å². The van der Waals surface area contributed by atoms with E-state index >= 15 is 0 Å². The molecule has 1 aliphatic carbocycles. The van der Waals surface area contributed by atoms with E-state index in [1.807, 2.05) is 27.7 Å². The lowest BCUT2D eigenvalue weighted by atomic mass is 9.82. The summed E-state index contributed by atoms with van der Waals surface area (Å²) in [5.74, 6) is 0.325. The minimum Gasteiger partial charge on any atom is -0.444 e. The van der Waals surface area contributed by atoms with Gasteiger partial charge >= 0.3 is 6.09 Å². The fourth-order valence-corrected chi connectivity index (χ4v) is 5.12. The van der Waals surface area contributed by atoms with Gasteiger partial charge in [0.1, 0.15) is 5.60 Å². The zero-order valence-corrected chi connectivity index (χ0v) is 12.2. The molecule has 1 amide bonds. The molecule has 0 spiro atoms. The maximum Gasteiger partial charge on any atom is 0.408 e. The predicted molar refractivity (Wildman–Crippen MR) is 68.1 cm³/mol. The number of carbonyl (C=O) groups is 1. The second-order valence-corrected chi connectivity index (χ2v) is 8.87. The van der Waals surface area contributed by atoms with Crippen molar-refractivity contribution >= 4 is 15.9 Å². The molecule has 0 aromatic carbocycles. The molecule has 0 aromatic rings. The quantitative estimate of drug-likeness (QED) is 0.828. The highest BCUT2D eigenvalue weighted by Crippen LogP contribution is 2.55. The van der Waals surface area contributed by atoms with E-state index in [0.29, 0.717) is 0 Å². The Labute approximate surface area is 108 Å². The molecule has 5 nitrogen and oxygen atoms in total. The van der Waals surface area contributed by atoms with Crippen molar-refractivity contribution < 1.29 is 17.9 Å². The fraction of sp³-hybridized carbons (Fsp3) is 0.917. The molecule has 104 valence electrons. The van der Waals surface area contributed by atoms with E-state index in [1.54, 1.807) is 0 Å². The van der Waals surface area contributed by atoms with Gasteiger partial charge in [0.2, 0.25) is 0 Å². The van der Waals surface area contributed by atoms with Crippen molar-refractivity contribution in [2.75, 3.05) is 11.5 Å². The number of rotatable bonds is 2. The van der Waals surface area contributed by atoms with Crippen LogP contribution in [-0.2, 0) is 14.6 Å². The van der Waals surface area contributed by atoms with Gasteiger partial charge in [-0.25, -0.2) is 13.2 Å². The van der Waals surface area contributed by atoms with Crippen LogP contribution in [0.25, 0.3) is 0 Å². The molecule has 0 radical (unpaired) electrons. The Kier molecular flexibility index (Phi) is 2.74. The highest BCUT2D eigenvalue weighted by molar-refractivity contribution is 7.92. The second kappa shape index (κ2) is 3.62. The van der Waals surface area contributed by atoms with Gasteiger partial charge in [-0.15, -0.1) is 0 Å². The minimum atomic E-state index is -2.90. The Morgan fingerprint density at radius 1 is 1.22 bits per heavy atom. The molecule has 0 atom stereocenters. The average Bonchev–Trinajstić information content (AvgIpc) is 2.77. The molecule has 0 aromatic heterocycles. The number of sulfone groups is 1. The Hall–Kier alpha value is -0.780. The first-order valence-corrected chi connectivity index (χ1v) is 8.01. The summed E-state index contributed by atoms with van der Waals surface area (Å²) in [6.07, 6.45) is 1.21. The standard InChI is InChI=1S/C12H21NO4S/c1-10(2,3)17-9(14)13-12(5-6-12)11(4)7-18(15,16)8-11/h5-8H2,1-4H3,(H,13,14). The molecule has 2 fully saturated rings. The summed E-state index contributed by atoms with van der Waals surface area (Å²) >= 11 is 0. The van der Waals surface area contributed by atoms with Gasteiger partial charge in [-0.3, -0.25) is 0 Å². The van der Waals surface area contributed by atoms with E-state index in [1.165, 1.54) is 0 Å². The summed E-state index contributed by atoms with van der Waals surface area (Å²) in [5.41, 5.74) is -1.24. The van der Waals surface area contributed by atoms with Crippen molar-refractivity contribution in [1.29, 1.82) is 0 Å². The van der Waals surface area contributed by atoms with E-state index in [2.05, 4.69) is 5.32 Å². The normalized spacial score (nSPS) is 26.9. The van der Waals surface area contributed by atoms with Gasteiger partial charge in [0.25, 0.3) is 0 Å². The lowest BCUT2D eigenvalue weighted by Crippen LogP contribution is -2.61. The molecule has 2 aliphatic rings. The van der Waals surface area contributed by atoms with Crippen molar-refractivity contribution in [3.05, 3.63) is 0 Å². The van der Waals surface area contributed by atoms with Crippen molar-refractivity contribution in [3.8, 4) is 0 Å². The molecule has 6 heteroatoms. The smallest absolute Gasteiger partial charge is 0.408 e. The summed E-state index contributed by atoms with van der Waals surface area (Å²) in [7, 11) is -2.90. The number of nitrogens with one attached hydrogen (secondary N) is 1. The maximum absolute atomic E-state index is 11.8.